The highest BCUT2D eigenvalue weighted by Crippen LogP contribution is 2.25. The minimum Gasteiger partial charge on any atom is -0.364 e. The molecule has 3 aromatic rings. The van der Waals surface area contributed by atoms with Gasteiger partial charge in [0.25, 0.3) is 5.91 Å². The van der Waals surface area contributed by atoms with E-state index >= 15 is 0 Å². The molecule has 0 aliphatic carbocycles. The van der Waals surface area contributed by atoms with Gasteiger partial charge in [0, 0.05) is 17.8 Å². The Kier molecular flexibility index (Phi) is 2.26. The zero-order valence-electron chi connectivity index (χ0n) is 9.29. The van der Waals surface area contributed by atoms with E-state index in [2.05, 4.69) is 20.2 Å². The SMILES string of the molecule is NC(=O)c1nccnc1-c1n[nH]c2ccccc12. The monoisotopic (exact) mass is 239 g/mol. The molecule has 3 rings (SSSR count). The van der Waals surface area contributed by atoms with Crippen LogP contribution in [-0.4, -0.2) is 26.1 Å². The number of aromatic nitrogens is 4. The van der Waals surface area contributed by atoms with Crippen LogP contribution in [0, 0.1) is 0 Å². The topological polar surface area (TPSA) is 97.6 Å². The van der Waals surface area contributed by atoms with Crippen molar-refractivity contribution in [2.45, 2.75) is 0 Å². The number of primary amides is 1. The minimum absolute atomic E-state index is 0.120. The van der Waals surface area contributed by atoms with E-state index in [1.54, 1.807) is 0 Å². The molecule has 6 nitrogen and oxygen atoms in total. The van der Waals surface area contributed by atoms with Crippen molar-refractivity contribution in [2.75, 3.05) is 0 Å². The summed E-state index contributed by atoms with van der Waals surface area (Å²) < 4.78 is 0. The van der Waals surface area contributed by atoms with E-state index in [0.717, 1.165) is 10.9 Å². The van der Waals surface area contributed by atoms with Gasteiger partial charge in [-0.1, -0.05) is 18.2 Å². The van der Waals surface area contributed by atoms with Crippen LogP contribution in [0.3, 0.4) is 0 Å². The number of carbonyl (C=O) groups excluding carboxylic acids is 1. The first kappa shape index (κ1) is 10.4. The van der Waals surface area contributed by atoms with Gasteiger partial charge in [0.05, 0.1) is 5.52 Å². The first-order chi connectivity index (χ1) is 8.77. The maximum Gasteiger partial charge on any atom is 0.269 e. The second-order valence-electron chi connectivity index (χ2n) is 3.74. The van der Waals surface area contributed by atoms with Crippen LogP contribution in [0.5, 0.6) is 0 Å². The van der Waals surface area contributed by atoms with Crippen LogP contribution in [0.4, 0.5) is 0 Å². The number of benzene rings is 1. The molecule has 2 aromatic heterocycles. The van der Waals surface area contributed by atoms with Gasteiger partial charge >= 0.3 is 0 Å². The zero-order chi connectivity index (χ0) is 12.5. The summed E-state index contributed by atoms with van der Waals surface area (Å²) in [4.78, 5) is 19.4. The lowest BCUT2D eigenvalue weighted by atomic mass is 10.1. The molecule has 2 heterocycles. The van der Waals surface area contributed by atoms with Crippen LogP contribution in [-0.2, 0) is 0 Å². The highest BCUT2D eigenvalue weighted by molar-refractivity contribution is 6.01. The smallest absolute Gasteiger partial charge is 0.269 e. The Hall–Kier alpha value is -2.76. The van der Waals surface area contributed by atoms with Crippen molar-refractivity contribution in [3.63, 3.8) is 0 Å². The quantitative estimate of drug-likeness (QED) is 0.700. The fraction of sp³-hybridized carbons (Fsp3) is 0. The van der Waals surface area contributed by atoms with Gasteiger partial charge in [0.2, 0.25) is 0 Å². The van der Waals surface area contributed by atoms with Crippen LogP contribution >= 0.6 is 0 Å². The molecule has 0 saturated carbocycles. The van der Waals surface area contributed by atoms with Gasteiger partial charge in [0.15, 0.2) is 5.69 Å². The number of hydrogen-bond acceptors (Lipinski definition) is 4. The van der Waals surface area contributed by atoms with Crippen molar-refractivity contribution in [1.29, 1.82) is 0 Å². The number of aromatic amines is 1. The Morgan fingerprint density at radius 1 is 1.11 bits per heavy atom. The second-order valence-corrected chi connectivity index (χ2v) is 3.74. The number of para-hydroxylation sites is 1. The summed E-state index contributed by atoms with van der Waals surface area (Å²) in [5.74, 6) is -0.620. The Morgan fingerprint density at radius 2 is 1.89 bits per heavy atom. The summed E-state index contributed by atoms with van der Waals surface area (Å²) in [6.07, 6.45) is 2.93. The molecular weight excluding hydrogens is 230 g/mol. The summed E-state index contributed by atoms with van der Waals surface area (Å²) in [7, 11) is 0. The van der Waals surface area contributed by atoms with Gasteiger partial charge in [-0.3, -0.25) is 14.9 Å². The lowest BCUT2D eigenvalue weighted by Gasteiger charge is -2.01. The molecular formula is C12H9N5O. The number of fused-ring (bicyclic) bond motifs is 1. The number of amides is 1. The molecule has 88 valence electrons. The zero-order valence-corrected chi connectivity index (χ0v) is 9.29. The normalized spacial score (nSPS) is 10.7. The van der Waals surface area contributed by atoms with Crippen molar-refractivity contribution in [1.82, 2.24) is 20.2 Å². The van der Waals surface area contributed by atoms with Gasteiger partial charge in [-0.25, -0.2) is 4.98 Å². The van der Waals surface area contributed by atoms with E-state index in [4.69, 9.17) is 5.73 Å². The third kappa shape index (κ3) is 1.51. The van der Waals surface area contributed by atoms with E-state index in [9.17, 15) is 4.79 Å². The molecule has 0 spiro atoms. The molecule has 0 unspecified atom stereocenters. The van der Waals surface area contributed by atoms with Gasteiger partial charge in [-0.05, 0) is 6.07 Å². The molecule has 0 aliphatic rings. The molecule has 1 aromatic carbocycles. The van der Waals surface area contributed by atoms with Crippen molar-refractivity contribution in [3.05, 3.63) is 42.4 Å². The molecule has 0 aliphatic heterocycles. The van der Waals surface area contributed by atoms with Gasteiger partial charge in [0.1, 0.15) is 11.4 Å². The first-order valence-corrected chi connectivity index (χ1v) is 5.31. The number of nitrogens with zero attached hydrogens (tertiary/aromatic N) is 3. The standard InChI is InChI=1S/C12H9N5O/c13-12(18)11-10(14-5-6-15-11)9-7-3-1-2-4-8(7)16-17-9/h1-6H,(H2,13,18)(H,16,17). The molecule has 3 N–H and O–H groups in total. The molecule has 0 saturated heterocycles. The summed E-state index contributed by atoms with van der Waals surface area (Å²) in [6, 6.07) is 7.58. The molecule has 0 bridgehead atoms. The highest BCUT2D eigenvalue weighted by Gasteiger charge is 2.17. The van der Waals surface area contributed by atoms with Crippen molar-refractivity contribution in [2.24, 2.45) is 5.73 Å². The number of rotatable bonds is 2. The Labute approximate surface area is 102 Å². The summed E-state index contributed by atoms with van der Waals surface area (Å²) in [5.41, 5.74) is 7.24. The number of nitrogens with one attached hydrogen (secondary N) is 1. The van der Waals surface area contributed by atoms with E-state index in [1.807, 2.05) is 24.3 Å². The Balaban J connectivity index is 2.30. The minimum atomic E-state index is -0.620. The number of H-pyrrole nitrogens is 1. The van der Waals surface area contributed by atoms with E-state index in [0.29, 0.717) is 11.4 Å². The number of nitrogens with two attached hydrogens (primary N) is 1. The second kappa shape index (κ2) is 3.92. The Morgan fingerprint density at radius 3 is 2.72 bits per heavy atom. The van der Waals surface area contributed by atoms with E-state index in [-0.39, 0.29) is 5.69 Å². The highest BCUT2D eigenvalue weighted by atomic mass is 16.1. The van der Waals surface area contributed by atoms with Crippen LogP contribution in [0.2, 0.25) is 0 Å². The fourth-order valence-corrected chi connectivity index (χ4v) is 1.84. The predicted octanol–water partition coefficient (Wildman–Crippen LogP) is 1.12. The van der Waals surface area contributed by atoms with Crippen LogP contribution in [0.25, 0.3) is 22.3 Å². The third-order valence-corrected chi connectivity index (χ3v) is 2.63. The van der Waals surface area contributed by atoms with E-state index in [1.165, 1.54) is 12.4 Å². The molecule has 0 fully saturated rings. The van der Waals surface area contributed by atoms with Gasteiger partial charge in [-0.2, -0.15) is 5.10 Å². The summed E-state index contributed by atoms with van der Waals surface area (Å²) in [5, 5.41) is 7.93. The van der Waals surface area contributed by atoms with Crippen molar-refractivity contribution >= 4 is 16.8 Å². The summed E-state index contributed by atoms with van der Waals surface area (Å²) >= 11 is 0. The van der Waals surface area contributed by atoms with Gasteiger partial charge in [-0.15, -0.1) is 0 Å². The molecule has 6 heteroatoms. The summed E-state index contributed by atoms with van der Waals surface area (Å²) in [6.45, 7) is 0. The fourth-order valence-electron chi connectivity index (χ4n) is 1.84. The average Bonchev–Trinajstić information content (AvgIpc) is 2.82. The van der Waals surface area contributed by atoms with Crippen LogP contribution in [0.15, 0.2) is 36.7 Å². The molecule has 0 atom stereocenters. The first-order valence-electron chi connectivity index (χ1n) is 5.31. The number of hydrogen-bond donors (Lipinski definition) is 2. The lowest BCUT2D eigenvalue weighted by Crippen LogP contribution is -2.15. The molecule has 18 heavy (non-hydrogen) atoms. The third-order valence-electron chi connectivity index (χ3n) is 2.63. The van der Waals surface area contributed by atoms with Crippen LogP contribution < -0.4 is 5.73 Å². The number of carbonyl (C=O) groups is 1. The van der Waals surface area contributed by atoms with Gasteiger partial charge < -0.3 is 5.73 Å². The largest absolute Gasteiger partial charge is 0.364 e. The Bertz CT molecular complexity index is 734. The maximum atomic E-state index is 11.3. The predicted molar refractivity (Wildman–Crippen MR) is 65.6 cm³/mol. The van der Waals surface area contributed by atoms with E-state index < -0.39 is 5.91 Å². The molecule has 1 amide bonds. The lowest BCUT2D eigenvalue weighted by molar-refractivity contribution is 0.0996. The maximum absolute atomic E-state index is 11.3. The van der Waals surface area contributed by atoms with Crippen LogP contribution in [0.1, 0.15) is 10.5 Å². The average molecular weight is 239 g/mol. The van der Waals surface area contributed by atoms with Crippen molar-refractivity contribution in [3.8, 4) is 11.4 Å². The molecule has 0 radical (unpaired) electrons. The van der Waals surface area contributed by atoms with Crippen molar-refractivity contribution < 1.29 is 4.79 Å².